The Balaban J connectivity index is 1.87. The summed E-state index contributed by atoms with van der Waals surface area (Å²) in [6.45, 7) is 0.266. The highest BCUT2D eigenvalue weighted by atomic mass is 19.4. The number of carboxylic acid groups (broad SMARTS) is 1. The summed E-state index contributed by atoms with van der Waals surface area (Å²) in [4.78, 5) is 30.4. The number of rotatable bonds is 3. The molecule has 0 spiro atoms. The predicted octanol–water partition coefficient (Wildman–Crippen LogP) is 0.0419. The van der Waals surface area contributed by atoms with Crippen molar-refractivity contribution in [3.05, 3.63) is 18.0 Å². The topological polar surface area (TPSA) is 95.4 Å². The highest BCUT2D eigenvalue weighted by molar-refractivity contribution is 5.86. The van der Waals surface area contributed by atoms with Gasteiger partial charge in [0.2, 0.25) is 5.95 Å². The van der Waals surface area contributed by atoms with E-state index in [9.17, 15) is 22.8 Å². The number of aromatic nitrogens is 2. The lowest BCUT2D eigenvalue weighted by molar-refractivity contribution is -0.174. The molecule has 0 atom stereocenters. The number of hydrogen-bond acceptors (Lipinski definition) is 5. The van der Waals surface area contributed by atoms with Crippen LogP contribution in [0.15, 0.2) is 12.4 Å². The van der Waals surface area contributed by atoms with Crippen LogP contribution in [0.4, 0.5) is 19.1 Å². The van der Waals surface area contributed by atoms with Crippen LogP contribution in [0.25, 0.3) is 0 Å². The first-order valence-corrected chi connectivity index (χ1v) is 5.45. The van der Waals surface area contributed by atoms with Gasteiger partial charge in [0.05, 0.1) is 11.6 Å². The minimum Gasteiger partial charge on any atom is -0.478 e. The van der Waals surface area contributed by atoms with E-state index in [0.29, 0.717) is 0 Å². The lowest BCUT2D eigenvalue weighted by atomic mass is 10.1. The second-order valence-electron chi connectivity index (χ2n) is 4.15. The van der Waals surface area contributed by atoms with Crippen molar-refractivity contribution in [1.82, 2.24) is 15.3 Å². The second-order valence-corrected chi connectivity index (χ2v) is 4.15. The Morgan fingerprint density at radius 3 is 2.30 bits per heavy atom. The Morgan fingerprint density at radius 1 is 1.30 bits per heavy atom. The van der Waals surface area contributed by atoms with E-state index in [1.165, 1.54) is 4.90 Å². The van der Waals surface area contributed by atoms with E-state index < -0.39 is 24.1 Å². The molecule has 2 heterocycles. The molecule has 0 radical (unpaired) electrons. The largest absolute Gasteiger partial charge is 0.478 e. The van der Waals surface area contributed by atoms with E-state index in [0.717, 1.165) is 12.4 Å². The number of nitrogens with zero attached hydrogens (tertiary/aromatic N) is 3. The fourth-order valence-electron chi connectivity index (χ4n) is 1.60. The zero-order valence-electron chi connectivity index (χ0n) is 9.89. The molecule has 0 unspecified atom stereocenters. The first-order valence-electron chi connectivity index (χ1n) is 5.45. The molecule has 20 heavy (non-hydrogen) atoms. The molecule has 1 amide bonds. The number of carbonyl (C=O) groups is 2. The van der Waals surface area contributed by atoms with Crippen LogP contribution in [0.3, 0.4) is 0 Å². The summed E-state index contributed by atoms with van der Waals surface area (Å²) in [7, 11) is 0. The number of nitrogens with one attached hydrogen (secondary N) is 1. The first kappa shape index (κ1) is 14.0. The van der Waals surface area contributed by atoms with Crippen molar-refractivity contribution < 1.29 is 27.9 Å². The van der Waals surface area contributed by atoms with Crippen LogP contribution in [-0.2, 0) is 4.79 Å². The zero-order valence-corrected chi connectivity index (χ0v) is 9.89. The van der Waals surface area contributed by atoms with Gasteiger partial charge in [0.1, 0.15) is 0 Å². The summed E-state index contributed by atoms with van der Waals surface area (Å²) in [5.74, 6) is -2.95. The van der Waals surface area contributed by atoms with Crippen molar-refractivity contribution >= 4 is 17.8 Å². The van der Waals surface area contributed by atoms with Crippen molar-refractivity contribution in [1.29, 1.82) is 0 Å². The number of amides is 1. The Bertz CT molecular complexity index is 526. The molecule has 2 rings (SSSR count). The Kier molecular flexibility index (Phi) is 3.47. The normalized spacial score (nSPS) is 15.7. The summed E-state index contributed by atoms with van der Waals surface area (Å²) in [5.41, 5.74) is -0.0869. The summed E-state index contributed by atoms with van der Waals surface area (Å²) in [6.07, 6.45) is -2.70. The lowest BCUT2D eigenvalue weighted by Gasteiger charge is -2.39. The molecular formula is C10H9F3N4O3. The summed E-state index contributed by atoms with van der Waals surface area (Å²) >= 11 is 0. The number of carboxylic acids is 1. The molecule has 108 valence electrons. The molecule has 0 bridgehead atoms. The maximum absolute atomic E-state index is 12.0. The third-order valence-electron chi connectivity index (χ3n) is 2.64. The van der Waals surface area contributed by atoms with Crippen LogP contribution in [0.5, 0.6) is 0 Å². The smallest absolute Gasteiger partial charge is 0.471 e. The van der Waals surface area contributed by atoms with Gasteiger partial charge < -0.3 is 15.3 Å². The third-order valence-corrected chi connectivity index (χ3v) is 2.64. The Labute approximate surface area is 110 Å². The molecule has 7 nitrogen and oxygen atoms in total. The molecule has 0 aliphatic carbocycles. The van der Waals surface area contributed by atoms with Gasteiger partial charge in [-0.2, -0.15) is 13.2 Å². The molecule has 1 aromatic rings. The van der Waals surface area contributed by atoms with Crippen LogP contribution in [0.1, 0.15) is 10.4 Å². The van der Waals surface area contributed by atoms with Crippen LogP contribution in [0, 0.1) is 0 Å². The maximum Gasteiger partial charge on any atom is 0.471 e. The lowest BCUT2D eigenvalue weighted by Crippen LogP contribution is -2.61. The Morgan fingerprint density at radius 2 is 1.85 bits per heavy atom. The van der Waals surface area contributed by atoms with Crippen LogP contribution >= 0.6 is 0 Å². The molecule has 1 saturated heterocycles. The zero-order chi connectivity index (χ0) is 14.9. The number of carbonyl (C=O) groups excluding carboxylic acids is 1. The standard InChI is InChI=1S/C10H9F3N4O3/c11-10(12,13)8(20)16-6-3-17(4-6)9-14-1-5(2-15-9)7(18)19/h1-2,6H,3-4H2,(H,16,20)(H,18,19). The molecule has 1 aliphatic rings. The third kappa shape index (κ3) is 2.95. The monoisotopic (exact) mass is 290 g/mol. The first-order chi connectivity index (χ1) is 9.27. The van der Waals surface area contributed by atoms with Crippen molar-refractivity contribution in [2.45, 2.75) is 12.2 Å². The van der Waals surface area contributed by atoms with E-state index in [4.69, 9.17) is 5.11 Å². The van der Waals surface area contributed by atoms with E-state index in [-0.39, 0.29) is 24.6 Å². The SMILES string of the molecule is O=C(O)c1cnc(N2CC(NC(=O)C(F)(F)F)C2)nc1. The second kappa shape index (κ2) is 4.94. The fourth-order valence-corrected chi connectivity index (χ4v) is 1.60. The molecule has 1 fully saturated rings. The average molecular weight is 290 g/mol. The molecule has 10 heteroatoms. The summed E-state index contributed by atoms with van der Waals surface area (Å²) in [5, 5.41) is 10.5. The number of aromatic carboxylic acids is 1. The van der Waals surface area contributed by atoms with E-state index in [1.807, 2.05) is 5.32 Å². The molecule has 0 aromatic carbocycles. The minimum absolute atomic E-state index is 0.0869. The van der Waals surface area contributed by atoms with E-state index >= 15 is 0 Å². The van der Waals surface area contributed by atoms with Gasteiger partial charge in [-0.05, 0) is 0 Å². The van der Waals surface area contributed by atoms with Gasteiger partial charge in [0.25, 0.3) is 0 Å². The van der Waals surface area contributed by atoms with Crippen LogP contribution < -0.4 is 10.2 Å². The van der Waals surface area contributed by atoms with E-state index in [2.05, 4.69) is 9.97 Å². The summed E-state index contributed by atoms with van der Waals surface area (Å²) in [6, 6.07) is -0.633. The van der Waals surface area contributed by atoms with Crippen molar-refractivity contribution in [2.75, 3.05) is 18.0 Å². The quantitative estimate of drug-likeness (QED) is 0.816. The van der Waals surface area contributed by atoms with Crippen LogP contribution in [0.2, 0.25) is 0 Å². The van der Waals surface area contributed by atoms with E-state index in [1.54, 1.807) is 0 Å². The molecule has 2 N–H and O–H groups in total. The minimum atomic E-state index is -4.90. The van der Waals surface area contributed by atoms with Gasteiger partial charge in [0.15, 0.2) is 0 Å². The summed E-state index contributed by atoms with van der Waals surface area (Å²) < 4.78 is 36.0. The van der Waals surface area contributed by atoms with Crippen molar-refractivity contribution in [3.63, 3.8) is 0 Å². The number of halogens is 3. The average Bonchev–Trinajstić information content (AvgIpc) is 2.32. The van der Waals surface area contributed by atoms with Gasteiger partial charge in [-0.1, -0.05) is 0 Å². The van der Waals surface area contributed by atoms with Gasteiger partial charge in [-0.3, -0.25) is 4.79 Å². The van der Waals surface area contributed by atoms with Crippen molar-refractivity contribution in [2.24, 2.45) is 0 Å². The van der Waals surface area contributed by atoms with Gasteiger partial charge in [-0.25, -0.2) is 14.8 Å². The molecule has 1 aromatic heterocycles. The van der Waals surface area contributed by atoms with Gasteiger partial charge in [-0.15, -0.1) is 0 Å². The van der Waals surface area contributed by atoms with Gasteiger partial charge in [0, 0.05) is 25.5 Å². The number of alkyl halides is 3. The van der Waals surface area contributed by atoms with Crippen LogP contribution in [-0.4, -0.2) is 52.3 Å². The fraction of sp³-hybridized carbons (Fsp3) is 0.400. The highest BCUT2D eigenvalue weighted by Gasteiger charge is 2.42. The van der Waals surface area contributed by atoms with Gasteiger partial charge >= 0.3 is 18.1 Å². The number of hydrogen-bond donors (Lipinski definition) is 2. The highest BCUT2D eigenvalue weighted by Crippen LogP contribution is 2.19. The maximum atomic E-state index is 12.0. The number of anilines is 1. The molecule has 0 saturated carbocycles. The van der Waals surface area contributed by atoms with Crippen molar-refractivity contribution in [3.8, 4) is 0 Å². The molecule has 1 aliphatic heterocycles. The molecular weight excluding hydrogens is 281 g/mol. The Hall–Kier alpha value is -2.39. The predicted molar refractivity (Wildman–Crippen MR) is 59.2 cm³/mol.